The maximum Gasteiger partial charge on any atom is 0.274 e. The first-order valence-corrected chi connectivity index (χ1v) is 12.0. The molecule has 1 fully saturated rings. The van der Waals surface area contributed by atoms with Crippen LogP contribution in [0.1, 0.15) is 27.7 Å². The summed E-state index contributed by atoms with van der Waals surface area (Å²) in [5.41, 5.74) is 1.77. The Morgan fingerprint density at radius 2 is 1.61 bits per heavy atom. The Balaban J connectivity index is 1.44. The Hall–Kier alpha value is -3.88. The number of aromatic nitrogens is 2. The van der Waals surface area contributed by atoms with Gasteiger partial charge in [0.2, 0.25) is 0 Å². The van der Waals surface area contributed by atoms with Gasteiger partial charge < -0.3 is 10.1 Å². The molecule has 0 spiro atoms. The highest BCUT2D eigenvalue weighted by atomic mass is 19.1. The molecule has 4 aromatic rings. The Kier molecular flexibility index (Phi) is 7.16. The Morgan fingerprint density at radius 3 is 2.33 bits per heavy atom. The predicted octanol–water partition coefficient (Wildman–Crippen LogP) is 3.39. The fourth-order valence-electron chi connectivity index (χ4n) is 4.57. The van der Waals surface area contributed by atoms with Crippen LogP contribution in [-0.4, -0.2) is 53.4 Å². The molecular weight excluding hydrogens is 459 g/mol. The lowest BCUT2D eigenvalue weighted by Crippen LogP contribution is -2.44. The standard InChI is InChI=1S/C28H27FN4O3/c29-22-12-10-21(11-13-22)25(32-14-16-36-17-15-32)18-30-27(34)26-23-8-4-5-9-24(23)28(35)33(31-26)19-20-6-2-1-3-7-20/h1-13,25H,14-19H2,(H,30,34)/t25-/m0/s1. The number of amides is 1. The van der Waals surface area contributed by atoms with Crippen LogP contribution in [0.4, 0.5) is 4.39 Å². The second kappa shape index (κ2) is 10.8. The topological polar surface area (TPSA) is 76.5 Å². The van der Waals surface area contributed by atoms with Crippen LogP contribution < -0.4 is 10.9 Å². The van der Waals surface area contributed by atoms with Gasteiger partial charge in [-0.15, -0.1) is 0 Å². The van der Waals surface area contributed by atoms with Crippen LogP contribution in [0.5, 0.6) is 0 Å². The summed E-state index contributed by atoms with van der Waals surface area (Å²) in [6.07, 6.45) is 0. The van der Waals surface area contributed by atoms with Gasteiger partial charge in [0.25, 0.3) is 11.5 Å². The van der Waals surface area contributed by atoms with Gasteiger partial charge in [-0.05, 0) is 29.3 Å². The zero-order chi connectivity index (χ0) is 24.9. The van der Waals surface area contributed by atoms with E-state index in [-0.39, 0.29) is 35.6 Å². The molecule has 5 rings (SSSR count). The van der Waals surface area contributed by atoms with Crippen LogP contribution in [0.25, 0.3) is 10.8 Å². The zero-order valence-electron chi connectivity index (χ0n) is 19.8. The smallest absolute Gasteiger partial charge is 0.274 e. The average Bonchev–Trinajstić information content (AvgIpc) is 2.92. The monoisotopic (exact) mass is 486 g/mol. The molecule has 1 aliphatic heterocycles. The van der Waals surface area contributed by atoms with Crippen LogP contribution in [0.15, 0.2) is 83.7 Å². The number of hydrogen-bond acceptors (Lipinski definition) is 5. The maximum atomic E-state index is 13.6. The number of nitrogens with one attached hydrogen (secondary N) is 1. The van der Waals surface area contributed by atoms with E-state index in [0.29, 0.717) is 43.6 Å². The number of nitrogens with zero attached hydrogens (tertiary/aromatic N) is 3. The highest BCUT2D eigenvalue weighted by Gasteiger charge is 2.25. The summed E-state index contributed by atoms with van der Waals surface area (Å²) in [5, 5.41) is 8.45. The molecular formula is C28H27FN4O3. The van der Waals surface area contributed by atoms with Gasteiger partial charge in [-0.2, -0.15) is 5.10 Å². The van der Waals surface area contributed by atoms with Crippen molar-refractivity contribution in [2.75, 3.05) is 32.8 Å². The molecule has 8 heteroatoms. The van der Waals surface area contributed by atoms with E-state index in [1.54, 1.807) is 36.4 Å². The van der Waals surface area contributed by atoms with Crippen LogP contribution >= 0.6 is 0 Å². The molecule has 184 valence electrons. The number of carbonyl (C=O) groups is 1. The first-order chi connectivity index (χ1) is 17.6. The normalized spacial score (nSPS) is 15.0. The van der Waals surface area contributed by atoms with Gasteiger partial charge in [-0.3, -0.25) is 14.5 Å². The Labute approximate surface area is 208 Å². The number of benzene rings is 3. The fraction of sp³-hybridized carbons (Fsp3) is 0.250. The van der Waals surface area contributed by atoms with E-state index < -0.39 is 0 Å². The molecule has 1 aromatic heterocycles. The van der Waals surface area contributed by atoms with Crippen LogP contribution in [0, 0.1) is 5.82 Å². The lowest BCUT2D eigenvalue weighted by molar-refractivity contribution is 0.0162. The second-order valence-corrected chi connectivity index (χ2v) is 8.77. The van der Waals surface area contributed by atoms with Crippen LogP contribution in [0.2, 0.25) is 0 Å². The summed E-state index contributed by atoms with van der Waals surface area (Å²) in [4.78, 5) is 28.8. The van der Waals surface area contributed by atoms with Gasteiger partial charge >= 0.3 is 0 Å². The van der Waals surface area contributed by atoms with Crippen molar-refractivity contribution in [1.82, 2.24) is 20.0 Å². The predicted molar refractivity (Wildman–Crippen MR) is 135 cm³/mol. The summed E-state index contributed by atoms with van der Waals surface area (Å²) >= 11 is 0. The van der Waals surface area contributed by atoms with Gasteiger partial charge in [0.1, 0.15) is 5.82 Å². The number of ether oxygens (including phenoxy) is 1. The second-order valence-electron chi connectivity index (χ2n) is 8.77. The molecule has 1 aliphatic rings. The molecule has 1 atom stereocenters. The van der Waals surface area contributed by atoms with Gasteiger partial charge in [-0.25, -0.2) is 9.07 Å². The molecule has 1 amide bonds. The highest BCUT2D eigenvalue weighted by molar-refractivity contribution is 6.04. The van der Waals surface area contributed by atoms with Crippen molar-refractivity contribution in [3.8, 4) is 0 Å². The van der Waals surface area contributed by atoms with Crippen molar-refractivity contribution >= 4 is 16.7 Å². The van der Waals surface area contributed by atoms with E-state index in [1.165, 1.54) is 16.8 Å². The number of carbonyl (C=O) groups excluding carboxylic acids is 1. The van der Waals surface area contributed by atoms with Crippen molar-refractivity contribution in [3.05, 3.63) is 112 Å². The highest BCUT2D eigenvalue weighted by Crippen LogP contribution is 2.22. The molecule has 0 radical (unpaired) electrons. The van der Waals surface area contributed by atoms with Gasteiger partial charge in [0.15, 0.2) is 5.69 Å². The molecule has 0 bridgehead atoms. The SMILES string of the molecule is O=C(NC[C@@H](c1ccc(F)cc1)N1CCOCC1)c1nn(Cc2ccccc2)c(=O)c2ccccc12. The maximum absolute atomic E-state index is 13.6. The van der Waals surface area contributed by atoms with Crippen molar-refractivity contribution in [1.29, 1.82) is 0 Å². The van der Waals surface area contributed by atoms with E-state index in [9.17, 15) is 14.0 Å². The lowest BCUT2D eigenvalue weighted by Gasteiger charge is -2.35. The molecule has 0 aliphatic carbocycles. The summed E-state index contributed by atoms with van der Waals surface area (Å²) in [6, 6.07) is 22.8. The minimum atomic E-state index is -0.367. The molecule has 3 aromatic carbocycles. The summed E-state index contributed by atoms with van der Waals surface area (Å²) < 4.78 is 20.4. The summed E-state index contributed by atoms with van der Waals surface area (Å²) in [7, 11) is 0. The quantitative estimate of drug-likeness (QED) is 0.434. The number of morpholine rings is 1. The Morgan fingerprint density at radius 1 is 0.944 bits per heavy atom. The summed E-state index contributed by atoms with van der Waals surface area (Å²) in [6.45, 7) is 3.18. The van der Waals surface area contributed by atoms with Crippen LogP contribution in [0.3, 0.4) is 0 Å². The lowest BCUT2D eigenvalue weighted by atomic mass is 10.0. The molecule has 0 unspecified atom stereocenters. The van der Waals surface area contributed by atoms with E-state index in [2.05, 4.69) is 15.3 Å². The molecule has 1 N–H and O–H groups in total. The third-order valence-electron chi connectivity index (χ3n) is 6.46. The van der Waals surface area contributed by atoms with E-state index >= 15 is 0 Å². The van der Waals surface area contributed by atoms with E-state index in [4.69, 9.17) is 4.74 Å². The van der Waals surface area contributed by atoms with Gasteiger partial charge in [0, 0.05) is 25.0 Å². The number of fused-ring (bicyclic) bond motifs is 1. The van der Waals surface area contributed by atoms with Gasteiger partial charge in [0.05, 0.1) is 31.2 Å². The largest absolute Gasteiger partial charge is 0.379 e. The fourth-order valence-corrected chi connectivity index (χ4v) is 4.57. The van der Waals surface area contributed by atoms with Crippen molar-refractivity contribution in [2.24, 2.45) is 0 Å². The first-order valence-electron chi connectivity index (χ1n) is 12.0. The molecule has 0 saturated carbocycles. The van der Waals surface area contributed by atoms with Crippen molar-refractivity contribution in [3.63, 3.8) is 0 Å². The molecule has 1 saturated heterocycles. The van der Waals surface area contributed by atoms with E-state index in [1.807, 2.05) is 30.3 Å². The minimum absolute atomic E-state index is 0.153. The molecule has 36 heavy (non-hydrogen) atoms. The third kappa shape index (κ3) is 5.19. The zero-order valence-corrected chi connectivity index (χ0v) is 19.8. The van der Waals surface area contributed by atoms with Crippen molar-refractivity contribution < 1.29 is 13.9 Å². The van der Waals surface area contributed by atoms with Gasteiger partial charge in [-0.1, -0.05) is 60.7 Å². The molecule has 2 heterocycles. The number of hydrogen-bond donors (Lipinski definition) is 1. The third-order valence-corrected chi connectivity index (χ3v) is 6.46. The average molecular weight is 487 g/mol. The minimum Gasteiger partial charge on any atom is -0.379 e. The summed E-state index contributed by atoms with van der Waals surface area (Å²) in [5.74, 6) is -0.673. The number of halogens is 1. The van der Waals surface area contributed by atoms with E-state index in [0.717, 1.165) is 11.1 Å². The Bertz CT molecular complexity index is 1400. The van der Waals surface area contributed by atoms with Crippen molar-refractivity contribution in [2.45, 2.75) is 12.6 Å². The molecule has 7 nitrogen and oxygen atoms in total. The van der Waals surface area contributed by atoms with Crippen LogP contribution in [-0.2, 0) is 11.3 Å². The number of rotatable bonds is 7. The first kappa shape index (κ1) is 23.8.